The second kappa shape index (κ2) is 7.03. The van der Waals surface area contributed by atoms with Gasteiger partial charge in [0.25, 0.3) is 15.6 Å². The largest absolute Gasteiger partial charge is 0.285 e. The van der Waals surface area contributed by atoms with Crippen molar-refractivity contribution in [2.75, 3.05) is 4.72 Å². The molecule has 0 saturated heterocycles. The molecule has 0 saturated carbocycles. The predicted molar refractivity (Wildman–Crippen MR) is 105 cm³/mol. The molecule has 2 heterocycles. The Labute approximate surface area is 158 Å². The van der Waals surface area contributed by atoms with Gasteiger partial charge in [-0.25, -0.2) is 18.1 Å². The molecule has 0 bridgehead atoms. The maximum Gasteiger partial charge on any atom is 0.275 e. The highest BCUT2D eigenvalue weighted by molar-refractivity contribution is 7.92. The molecule has 0 spiro atoms. The summed E-state index contributed by atoms with van der Waals surface area (Å²) in [5.41, 5.74) is 2.16. The Morgan fingerprint density at radius 3 is 2.26 bits per heavy atom. The number of rotatable bonds is 5. The van der Waals surface area contributed by atoms with Gasteiger partial charge in [0, 0.05) is 24.5 Å². The lowest BCUT2D eigenvalue weighted by molar-refractivity contribution is 0.600. The minimum absolute atomic E-state index is 0.0905. The zero-order valence-corrected chi connectivity index (χ0v) is 16.5. The minimum atomic E-state index is -3.76. The van der Waals surface area contributed by atoms with Crippen LogP contribution in [0.25, 0.3) is 5.69 Å². The smallest absolute Gasteiger partial charge is 0.275 e. The van der Waals surface area contributed by atoms with Crippen LogP contribution < -0.4 is 10.3 Å². The van der Waals surface area contributed by atoms with Crippen LogP contribution in [-0.2, 0) is 17.1 Å². The van der Waals surface area contributed by atoms with Crippen molar-refractivity contribution < 1.29 is 8.42 Å². The molecule has 0 unspecified atom stereocenters. The highest BCUT2D eigenvalue weighted by atomic mass is 32.2. The van der Waals surface area contributed by atoms with Gasteiger partial charge in [-0.15, -0.1) is 0 Å². The van der Waals surface area contributed by atoms with Crippen LogP contribution in [0.15, 0.2) is 58.4 Å². The average molecular weight is 386 g/mol. The SMILES string of the molecule is Cc1c(C(C)C)c(=O)n(-c2ccc(S(=O)(=O)Nc3ccccn3)cc2)n1C. The number of nitrogens with zero attached hydrogens (tertiary/aromatic N) is 3. The Morgan fingerprint density at radius 1 is 1.07 bits per heavy atom. The molecular formula is C19H22N4O3S. The summed E-state index contributed by atoms with van der Waals surface area (Å²) < 4.78 is 30.8. The molecule has 0 atom stereocenters. The molecule has 0 amide bonds. The van der Waals surface area contributed by atoms with Gasteiger partial charge in [-0.1, -0.05) is 19.9 Å². The van der Waals surface area contributed by atoms with E-state index in [1.54, 1.807) is 39.7 Å². The molecule has 3 rings (SSSR count). The lowest BCUT2D eigenvalue weighted by Gasteiger charge is -2.10. The van der Waals surface area contributed by atoms with Crippen LogP contribution in [0.2, 0.25) is 0 Å². The molecule has 0 aliphatic rings. The second-order valence-electron chi connectivity index (χ2n) is 6.61. The van der Waals surface area contributed by atoms with E-state index >= 15 is 0 Å². The third-order valence-electron chi connectivity index (χ3n) is 4.47. The van der Waals surface area contributed by atoms with Crippen molar-refractivity contribution in [2.45, 2.75) is 31.6 Å². The number of hydrogen-bond donors (Lipinski definition) is 1. The van der Waals surface area contributed by atoms with Crippen molar-refractivity contribution in [3.05, 3.63) is 70.3 Å². The van der Waals surface area contributed by atoms with E-state index in [4.69, 9.17) is 0 Å². The summed E-state index contributed by atoms with van der Waals surface area (Å²) in [5.74, 6) is 0.351. The van der Waals surface area contributed by atoms with Crippen LogP contribution in [0.5, 0.6) is 0 Å². The first-order chi connectivity index (χ1) is 12.7. The van der Waals surface area contributed by atoms with Gasteiger partial charge in [0.1, 0.15) is 5.82 Å². The molecule has 1 N–H and O–H groups in total. The first-order valence-electron chi connectivity index (χ1n) is 8.55. The molecule has 2 aromatic heterocycles. The van der Waals surface area contributed by atoms with Crippen LogP contribution in [0.4, 0.5) is 5.82 Å². The molecule has 0 aliphatic heterocycles. The number of aromatic nitrogens is 3. The fourth-order valence-corrected chi connectivity index (χ4v) is 4.08. The number of benzene rings is 1. The Kier molecular flexibility index (Phi) is 4.93. The lowest BCUT2D eigenvalue weighted by Crippen LogP contribution is -2.21. The van der Waals surface area contributed by atoms with Gasteiger partial charge in [0.2, 0.25) is 0 Å². The molecule has 0 radical (unpaired) electrons. The molecule has 0 fully saturated rings. The van der Waals surface area contributed by atoms with Crippen molar-refractivity contribution in [1.29, 1.82) is 0 Å². The van der Waals surface area contributed by atoms with E-state index in [9.17, 15) is 13.2 Å². The van der Waals surface area contributed by atoms with Crippen molar-refractivity contribution in [2.24, 2.45) is 7.05 Å². The van der Waals surface area contributed by atoms with Crippen molar-refractivity contribution in [3.63, 3.8) is 0 Å². The monoisotopic (exact) mass is 386 g/mol. The number of anilines is 1. The Morgan fingerprint density at radius 2 is 1.74 bits per heavy atom. The van der Waals surface area contributed by atoms with E-state index in [0.717, 1.165) is 11.3 Å². The molecule has 3 aromatic rings. The van der Waals surface area contributed by atoms with Gasteiger partial charge in [-0.05, 0) is 49.2 Å². The number of pyridine rings is 1. The van der Waals surface area contributed by atoms with Gasteiger partial charge in [0.05, 0.1) is 10.6 Å². The Bertz CT molecular complexity index is 1110. The van der Waals surface area contributed by atoms with Crippen molar-refractivity contribution in [1.82, 2.24) is 14.3 Å². The van der Waals surface area contributed by atoms with E-state index in [1.807, 2.05) is 27.8 Å². The Hall–Kier alpha value is -2.87. The zero-order chi connectivity index (χ0) is 19.8. The quantitative estimate of drug-likeness (QED) is 0.731. The van der Waals surface area contributed by atoms with E-state index < -0.39 is 10.0 Å². The summed E-state index contributed by atoms with van der Waals surface area (Å²) in [6, 6.07) is 11.2. The summed E-state index contributed by atoms with van der Waals surface area (Å²) in [5, 5.41) is 0. The first kappa shape index (κ1) is 18.9. The maximum atomic E-state index is 12.8. The molecule has 8 heteroatoms. The highest BCUT2D eigenvalue weighted by Crippen LogP contribution is 2.19. The van der Waals surface area contributed by atoms with Gasteiger partial charge in [-0.3, -0.25) is 14.2 Å². The van der Waals surface area contributed by atoms with Crippen LogP contribution >= 0.6 is 0 Å². The van der Waals surface area contributed by atoms with Crippen LogP contribution in [0.3, 0.4) is 0 Å². The molecule has 27 heavy (non-hydrogen) atoms. The normalized spacial score (nSPS) is 11.7. The fraction of sp³-hybridized carbons (Fsp3) is 0.263. The average Bonchev–Trinajstić information content (AvgIpc) is 2.84. The number of sulfonamides is 1. The van der Waals surface area contributed by atoms with Crippen LogP contribution in [0, 0.1) is 6.92 Å². The minimum Gasteiger partial charge on any atom is -0.285 e. The van der Waals surface area contributed by atoms with Crippen LogP contribution in [-0.4, -0.2) is 22.8 Å². The molecular weight excluding hydrogens is 364 g/mol. The van der Waals surface area contributed by atoms with E-state index in [1.165, 1.54) is 18.3 Å². The van der Waals surface area contributed by atoms with Gasteiger partial charge in [0.15, 0.2) is 0 Å². The molecule has 1 aromatic carbocycles. The van der Waals surface area contributed by atoms with E-state index in [2.05, 4.69) is 9.71 Å². The third-order valence-corrected chi connectivity index (χ3v) is 5.84. The Balaban J connectivity index is 1.97. The van der Waals surface area contributed by atoms with E-state index in [0.29, 0.717) is 5.69 Å². The van der Waals surface area contributed by atoms with Gasteiger partial charge >= 0.3 is 0 Å². The third kappa shape index (κ3) is 3.52. The number of nitrogens with one attached hydrogen (secondary N) is 1. The van der Waals surface area contributed by atoms with Crippen molar-refractivity contribution >= 4 is 15.8 Å². The lowest BCUT2D eigenvalue weighted by atomic mass is 10.0. The summed E-state index contributed by atoms with van der Waals surface area (Å²) >= 11 is 0. The molecule has 142 valence electrons. The first-order valence-corrected chi connectivity index (χ1v) is 10.0. The van der Waals surface area contributed by atoms with Crippen molar-refractivity contribution in [3.8, 4) is 5.69 Å². The standard InChI is InChI=1S/C19H22N4O3S/c1-13(2)18-14(3)22(4)23(19(18)24)15-8-10-16(11-9-15)27(25,26)21-17-7-5-6-12-20-17/h5-13H,1-4H3,(H,20,21). The summed E-state index contributed by atoms with van der Waals surface area (Å²) in [6.07, 6.45) is 1.51. The second-order valence-corrected chi connectivity index (χ2v) is 8.29. The summed E-state index contributed by atoms with van der Waals surface area (Å²) in [7, 11) is -1.94. The zero-order valence-electron chi connectivity index (χ0n) is 15.7. The predicted octanol–water partition coefficient (Wildman–Crippen LogP) is 2.80. The van der Waals surface area contributed by atoms with Gasteiger partial charge in [-0.2, -0.15) is 0 Å². The topological polar surface area (TPSA) is 86.0 Å². The molecule has 0 aliphatic carbocycles. The van der Waals surface area contributed by atoms with Crippen LogP contribution in [0.1, 0.15) is 31.0 Å². The maximum absolute atomic E-state index is 12.8. The van der Waals surface area contributed by atoms with E-state index in [-0.39, 0.29) is 22.2 Å². The number of hydrogen-bond acceptors (Lipinski definition) is 4. The summed E-state index contributed by atoms with van der Waals surface area (Å²) in [4.78, 5) is 16.8. The summed E-state index contributed by atoms with van der Waals surface area (Å²) in [6.45, 7) is 5.86. The highest BCUT2D eigenvalue weighted by Gasteiger charge is 2.19. The molecule has 7 nitrogen and oxygen atoms in total. The fourth-order valence-electron chi connectivity index (χ4n) is 3.07. The van der Waals surface area contributed by atoms with Gasteiger partial charge < -0.3 is 0 Å².